The van der Waals surface area contributed by atoms with E-state index in [0.717, 1.165) is 23.8 Å². The molecule has 0 amide bonds. The molecule has 2 aliphatic carbocycles. The third kappa shape index (κ3) is 3.39. The molecule has 0 radical (unpaired) electrons. The van der Waals surface area contributed by atoms with Crippen LogP contribution in [0.3, 0.4) is 0 Å². The minimum Gasteiger partial charge on any atom is -0.361 e. The number of likely N-dealkylation sites (N-methyl/N-ethyl adjacent to an activating group) is 1. The summed E-state index contributed by atoms with van der Waals surface area (Å²) in [6, 6.07) is 3.89. The number of hydrogen-bond acceptors (Lipinski definition) is 3. The average molecular weight is 371 g/mol. The molecule has 3 heteroatoms. The first kappa shape index (κ1) is 18.2. The molecule has 4 atom stereocenters. The van der Waals surface area contributed by atoms with Gasteiger partial charge in [-0.25, -0.2) is 0 Å². The van der Waals surface area contributed by atoms with Crippen molar-refractivity contribution in [3.8, 4) is 0 Å². The highest BCUT2D eigenvalue weighted by atomic mass is 16.5. The Hall–Kier alpha value is -0.830. The van der Waals surface area contributed by atoms with Gasteiger partial charge >= 0.3 is 0 Å². The number of rotatable bonds is 3. The molecular weight excluding hydrogens is 332 g/mol. The van der Waals surface area contributed by atoms with Crippen molar-refractivity contribution in [2.75, 3.05) is 7.05 Å². The molecule has 27 heavy (non-hydrogen) atoms. The fourth-order valence-corrected chi connectivity index (χ4v) is 7.16. The van der Waals surface area contributed by atoms with E-state index in [1.807, 2.05) is 0 Å². The van der Waals surface area contributed by atoms with Gasteiger partial charge in [0.25, 0.3) is 0 Å². The lowest BCUT2D eigenvalue weighted by atomic mass is 9.66. The third-order valence-corrected chi connectivity index (χ3v) is 8.88. The SMILES string of the molecule is CC1CCC([C@H]2C[C@H]3CCC(C2c2cc(C4CCCCC4)no2)N3C)CC1. The van der Waals surface area contributed by atoms with Crippen LogP contribution in [0.15, 0.2) is 10.6 Å². The summed E-state index contributed by atoms with van der Waals surface area (Å²) < 4.78 is 6.12. The van der Waals surface area contributed by atoms with Crippen molar-refractivity contribution in [2.24, 2.45) is 17.8 Å². The van der Waals surface area contributed by atoms with Crippen molar-refractivity contribution in [1.29, 1.82) is 0 Å². The second kappa shape index (κ2) is 7.54. The quantitative estimate of drug-likeness (QED) is 0.642. The molecule has 3 heterocycles. The van der Waals surface area contributed by atoms with E-state index in [1.54, 1.807) is 0 Å². The smallest absolute Gasteiger partial charge is 0.141 e. The van der Waals surface area contributed by atoms with Gasteiger partial charge in [-0.15, -0.1) is 0 Å². The van der Waals surface area contributed by atoms with Gasteiger partial charge in [-0.2, -0.15) is 0 Å². The Kier molecular flexibility index (Phi) is 5.08. The lowest BCUT2D eigenvalue weighted by Crippen LogP contribution is -2.47. The van der Waals surface area contributed by atoms with Crippen molar-refractivity contribution in [3.63, 3.8) is 0 Å². The first-order chi connectivity index (χ1) is 13.2. The lowest BCUT2D eigenvalue weighted by Gasteiger charge is -2.46. The van der Waals surface area contributed by atoms with E-state index in [4.69, 9.17) is 4.52 Å². The van der Waals surface area contributed by atoms with Crippen molar-refractivity contribution in [3.05, 3.63) is 17.5 Å². The molecule has 1 aromatic rings. The summed E-state index contributed by atoms with van der Waals surface area (Å²) in [5.41, 5.74) is 1.27. The highest BCUT2D eigenvalue weighted by Gasteiger charge is 2.50. The number of piperidine rings is 1. The molecule has 0 spiro atoms. The van der Waals surface area contributed by atoms with E-state index < -0.39 is 0 Å². The number of nitrogens with zero attached hydrogens (tertiary/aromatic N) is 2. The van der Waals surface area contributed by atoms with E-state index in [-0.39, 0.29) is 0 Å². The van der Waals surface area contributed by atoms with Crippen LogP contribution in [0, 0.1) is 17.8 Å². The van der Waals surface area contributed by atoms with Crippen LogP contribution in [0.4, 0.5) is 0 Å². The van der Waals surface area contributed by atoms with Gasteiger partial charge < -0.3 is 4.52 Å². The molecule has 4 aliphatic rings. The predicted molar refractivity (Wildman–Crippen MR) is 109 cm³/mol. The molecule has 0 N–H and O–H groups in total. The van der Waals surface area contributed by atoms with Gasteiger partial charge in [0, 0.05) is 30.0 Å². The normalized spacial score (nSPS) is 41.1. The Morgan fingerprint density at radius 2 is 1.74 bits per heavy atom. The molecule has 150 valence electrons. The van der Waals surface area contributed by atoms with Crippen LogP contribution in [0.2, 0.25) is 0 Å². The molecule has 1 aromatic heterocycles. The van der Waals surface area contributed by atoms with Gasteiger partial charge in [0.05, 0.1) is 5.69 Å². The first-order valence-electron chi connectivity index (χ1n) is 11.9. The van der Waals surface area contributed by atoms with Gasteiger partial charge in [0.1, 0.15) is 5.76 Å². The van der Waals surface area contributed by atoms with Crippen LogP contribution < -0.4 is 0 Å². The Bertz CT molecular complexity index is 626. The monoisotopic (exact) mass is 370 g/mol. The third-order valence-electron chi connectivity index (χ3n) is 8.88. The summed E-state index contributed by atoms with van der Waals surface area (Å²) in [4.78, 5) is 2.69. The van der Waals surface area contributed by atoms with E-state index in [0.29, 0.717) is 17.9 Å². The molecule has 2 saturated carbocycles. The fourth-order valence-electron chi connectivity index (χ4n) is 7.16. The zero-order chi connectivity index (χ0) is 18.4. The van der Waals surface area contributed by atoms with Crippen LogP contribution in [-0.2, 0) is 0 Å². The Labute approximate surface area is 165 Å². The molecule has 0 aromatic carbocycles. The van der Waals surface area contributed by atoms with E-state index in [2.05, 4.69) is 30.1 Å². The summed E-state index contributed by atoms with van der Waals surface area (Å²) in [6.07, 6.45) is 16.6. The zero-order valence-electron chi connectivity index (χ0n) is 17.4. The predicted octanol–water partition coefficient (Wildman–Crippen LogP) is 6.11. The highest BCUT2D eigenvalue weighted by Crippen LogP contribution is 2.52. The van der Waals surface area contributed by atoms with E-state index in [1.165, 1.54) is 88.5 Å². The molecule has 4 fully saturated rings. The number of fused-ring (bicyclic) bond motifs is 2. The van der Waals surface area contributed by atoms with Crippen molar-refractivity contribution in [1.82, 2.24) is 10.1 Å². The van der Waals surface area contributed by atoms with Crippen molar-refractivity contribution >= 4 is 0 Å². The topological polar surface area (TPSA) is 29.3 Å². The summed E-state index contributed by atoms with van der Waals surface area (Å²) in [5.74, 6) is 5.13. The van der Waals surface area contributed by atoms with Gasteiger partial charge in [-0.3, -0.25) is 4.90 Å². The molecule has 3 nitrogen and oxygen atoms in total. The average Bonchev–Trinajstić information content (AvgIpc) is 3.26. The lowest BCUT2D eigenvalue weighted by molar-refractivity contribution is 0.0470. The zero-order valence-corrected chi connectivity index (χ0v) is 17.4. The van der Waals surface area contributed by atoms with Crippen LogP contribution >= 0.6 is 0 Å². The maximum absolute atomic E-state index is 6.12. The van der Waals surface area contributed by atoms with Gasteiger partial charge in [0.15, 0.2) is 0 Å². The highest BCUT2D eigenvalue weighted by molar-refractivity contribution is 5.20. The minimum atomic E-state index is 0.581. The first-order valence-corrected chi connectivity index (χ1v) is 11.9. The molecular formula is C24H38N2O. The number of hydrogen-bond donors (Lipinski definition) is 0. The van der Waals surface area contributed by atoms with Crippen LogP contribution in [0.1, 0.15) is 107 Å². The summed E-state index contributed by atoms with van der Waals surface area (Å²) in [7, 11) is 2.37. The van der Waals surface area contributed by atoms with Crippen molar-refractivity contribution < 1.29 is 4.52 Å². The molecule has 2 saturated heterocycles. The Balaban J connectivity index is 1.41. The molecule has 2 unspecified atom stereocenters. The largest absolute Gasteiger partial charge is 0.361 e. The van der Waals surface area contributed by atoms with Crippen LogP contribution in [-0.4, -0.2) is 29.2 Å². The fraction of sp³-hybridized carbons (Fsp3) is 0.875. The number of aromatic nitrogens is 1. The van der Waals surface area contributed by atoms with Gasteiger partial charge in [-0.05, 0) is 69.7 Å². The molecule has 2 bridgehead atoms. The maximum atomic E-state index is 6.12. The standard InChI is InChI=1S/C24H38N2O/c1-16-8-10-17(11-9-16)20-14-19-12-13-22(26(19)2)24(20)23-15-21(25-27-23)18-6-4-3-5-7-18/h15-20,22,24H,3-14H2,1-2H3/t16?,17?,19-,20-,22?,24?/m1/s1. The second-order valence-electron chi connectivity index (χ2n) is 10.4. The van der Waals surface area contributed by atoms with E-state index >= 15 is 0 Å². The van der Waals surface area contributed by atoms with Crippen molar-refractivity contribution in [2.45, 2.75) is 108 Å². The summed E-state index contributed by atoms with van der Waals surface area (Å²) in [6.45, 7) is 2.44. The van der Waals surface area contributed by atoms with Gasteiger partial charge in [-0.1, -0.05) is 44.2 Å². The molecule has 5 rings (SSSR count). The van der Waals surface area contributed by atoms with Crippen LogP contribution in [0.5, 0.6) is 0 Å². The van der Waals surface area contributed by atoms with E-state index in [9.17, 15) is 0 Å². The Morgan fingerprint density at radius 3 is 2.52 bits per heavy atom. The summed E-state index contributed by atoms with van der Waals surface area (Å²) >= 11 is 0. The molecule has 2 aliphatic heterocycles. The maximum Gasteiger partial charge on any atom is 0.141 e. The Morgan fingerprint density at radius 1 is 0.963 bits per heavy atom. The summed E-state index contributed by atoms with van der Waals surface area (Å²) in [5, 5.41) is 4.62. The van der Waals surface area contributed by atoms with Gasteiger partial charge in [0.2, 0.25) is 0 Å². The van der Waals surface area contributed by atoms with Crippen LogP contribution in [0.25, 0.3) is 0 Å². The minimum absolute atomic E-state index is 0.581. The second-order valence-corrected chi connectivity index (χ2v) is 10.4.